The van der Waals surface area contributed by atoms with Crippen LogP contribution in [0, 0.1) is 0 Å². The van der Waals surface area contributed by atoms with Gasteiger partial charge in [-0.2, -0.15) is 0 Å². The fourth-order valence-electron chi connectivity index (χ4n) is 2.58. The molecule has 0 fully saturated rings. The molecule has 5 heteroatoms. The number of aromatic hydroxyl groups is 1. The highest BCUT2D eigenvalue weighted by Crippen LogP contribution is 2.30. The van der Waals surface area contributed by atoms with Gasteiger partial charge in [0.2, 0.25) is 0 Å². The van der Waals surface area contributed by atoms with E-state index in [2.05, 4.69) is 0 Å². The van der Waals surface area contributed by atoms with E-state index in [0.717, 1.165) is 5.56 Å². The highest BCUT2D eigenvalue weighted by molar-refractivity contribution is 5.78. The van der Waals surface area contributed by atoms with E-state index in [1.807, 2.05) is 25.7 Å². The number of rotatable bonds is 8. The van der Waals surface area contributed by atoms with Crippen molar-refractivity contribution in [2.45, 2.75) is 39.7 Å². The van der Waals surface area contributed by atoms with Gasteiger partial charge in [0.25, 0.3) is 0 Å². The van der Waals surface area contributed by atoms with E-state index in [1.54, 1.807) is 25.1 Å². The second-order valence-electron chi connectivity index (χ2n) is 5.16. The maximum atomic E-state index is 11.7. The van der Waals surface area contributed by atoms with Gasteiger partial charge in [-0.15, -0.1) is 0 Å². The van der Waals surface area contributed by atoms with E-state index in [0.29, 0.717) is 31.9 Å². The first-order valence-corrected chi connectivity index (χ1v) is 7.32. The quantitative estimate of drug-likeness (QED) is 0.771. The molecule has 0 aromatic heterocycles. The van der Waals surface area contributed by atoms with Crippen molar-refractivity contribution < 1.29 is 19.7 Å². The molecule has 0 aliphatic rings. The molecule has 1 unspecified atom stereocenters. The average Bonchev–Trinajstić information content (AvgIpc) is 2.44. The molecule has 0 aliphatic heterocycles. The van der Waals surface area contributed by atoms with Crippen LogP contribution in [0.3, 0.4) is 0 Å². The highest BCUT2D eigenvalue weighted by atomic mass is 16.5. The van der Waals surface area contributed by atoms with Crippen LogP contribution in [-0.2, 0) is 11.2 Å². The topological polar surface area (TPSA) is 70.0 Å². The van der Waals surface area contributed by atoms with E-state index in [9.17, 15) is 15.0 Å². The van der Waals surface area contributed by atoms with Crippen LogP contribution in [0.4, 0.5) is 0 Å². The third kappa shape index (κ3) is 3.88. The molecular weight excluding hydrogens is 270 g/mol. The molecule has 0 amide bonds. The zero-order valence-corrected chi connectivity index (χ0v) is 13.2. The number of phenols is 1. The first-order valence-electron chi connectivity index (χ1n) is 7.32. The zero-order chi connectivity index (χ0) is 16.0. The molecule has 0 heterocycles. The summed E-state index contributed by atoms with van der Waals surface area (Å²) in [6, 6.07) is 5.00. The second-order valence-corrected chi connectivity index (χ2v) is 5.16. The fourth-order valence-corrected chi connectivity index (χ4v) is 2.58. The number of carboxylic acids is 1. The summed E-state index contributed by atoms with van der Waals surface area (Å²) in [7, 11) is 0. The van der Waals surface area contributed by atoms with Crippen molar-refractivity contribution in [1.82, 2.24) is 4.90 Å². The van der Waals surface area contributed by atoms with E-state index in [-0.39, 0.29) is 5.75 Å². The normalized spacial score (nSPS) is 14.0. The van der Waals surface area contributed by atoms with Gasteiger partial charge in [0.05, 0.1) is 6.61 Å². The number of nitrogens with zero attached hydrogens (tertiary/aromatic N) is 1. The van der Waals surface area contributed by atoms with Crippen molar-refractivity contribution in [3.63, 3.8) is 0 Å². The molecular formula is C16H25NO4. The Kier molecular flexibility index (Phi) is 6.03. The predicted octanol–water partition coefficient (Wildman–Crippen LogP) is 2.52. The van der Waals surface area contributed by atoms with Gasteiger partial charge in [-0.25, -0.2) is 0 Å². The monoisotopic (exact) mass is 295 g/mol. The van der Waals surface area contributed by atoms with Crippen molar-refractivity contribution in [3.05, 3.63) is 23.8 Å². The van der Waals surface area contributed by atoms with E-state index in [4.69, 9.17) is 4.74 Å². The van der Waals surface area contributed by atoms with Crippen LogP contribution >= 0.6 is 0 Å². The maximum absolute atomic E-state index is 11.7. The van der Waals surface area contributed by atoms with E-state index < -0.39 is 11.5 Å². The number of ether oxygens (including phenoxy) is 1. The number of aliphatic carboxylic acids is 1. The Balaban J connectivity index is 3.10. The molecule has 1 rings (SSSR count). The Labute approximate surface area is 126 Å². The first-order chi connectivity index (χ1) is 9.88. The van der Waals surface area contributed by atoms with Gasteiger partial charge in [0.15, 0.2) is 11.5 Å². The van der Waals surface area contributed by atoms with Crippen LogP contribution < -0.4 is 4.74 Å². The molecule has 1 aromatic rings. The summed E-state index contributed by atoms with van der Waals surface area (Å²) in [4.78, 5) is 13.7. The van der Waals surface area contributed by atoms with Crippen LogP contribution in [0.15, 0.2) is 18.2 Å². The minimum Gasteiger partial charge on any atom is -0.504 e. The number of carbonyl (C=O) groups is 1. The van der Waals surface area contributed by atoms with Crippen molar-refractivity contribution in [2.75, 3.05) is 19.7 Å². The molecule has 0 radical (unpaired) electrons. The van der Waals surface area contributed by atoms with Gasteiger partial charge in [-0.05, 0) is 44.6 Å². The van der Waals surface area contributed by atoms with Crippen LogP contribution in [0.2, 0.25) is 0 Å². The number of hydrogen-bond acceptors (Lipinski definition) is 4. The van der Waals surface area contributed by atoms with Crippen LogP contribution in [0.1, 0.15) is 33.3 Å². The molecule has 2 N–H and O–H groups in total. The fraction of sp³-hybridized carbons (Fsp3) is 0.562. The van der Waals surface area contributed by atoms with Crippen LogP contribution in [0.25, 0.3) is 0 Å². The molecule has 0 spiro atoms. The lowest BCUT2D eigenvalue weighted by Gasteiger charge is -2.36. The summed E-state index contributed by atoms with van der Waals surface area (Å²) in [5.74, 6) is -0.389. The molecule has 1 atom stereocenters. The molecule has 5 nitrogen and oxygen atoms in total. The smallest absolute Gasteiger partial charge is 0.324 e. The minimum absolute atomic E-state index is 0.0699. The summed E-state index contributed by atoms with van der Waals surface area (Å²) in [5, 5.41) is 19.4. The van der Waals surface area contributed by atoms with Gasteiger partial charge >= 0.3 is 5.97 Å². The summed E-state index contributed by atoms with van der Waals surface area (Å²) in [5.41, 5.74) is -0.155. The van der Waals surface area contributed by atoms with E-state index >= 15 is 0 Å². The summed E-state index contributed by atoms with van der Waals surface area (Å²) in [6.45, 7) is 9.24. The van der Waals surface area contributed by atoms with Crippen molar-refractivity contribution in [1.29, 1.82) is 0 Å². The molecule has 0 aliphatic carbocycles. The highest BCUT2D eigenvalue weighted by Gasteiger charge is 2.38. The number of likely N-dealkylation sites (N-methyl/N-ethyl adjacent to an activating group) is 1. The Hall–Kier alpha value is -1.75. The molecule has 0 saturated carbocycles. The SMILES string of the molecule is CCOc1cc(CC(C)(C(=O)O)N(CC)CC)ccc1O. The third-order valence-electron chi connectivity index (χ3n) is 3.79. The molecule has 0 bridgehead atoms. The van der Waals surface area contributed by atoms with Crippen molar-refractivity contribution in [3.8, 4) is 11.5 Å². The van der Waals surface area contributed by atoms with Crippen LogP contribution in [0.5, 0.6) is 11.5 Å². The number of carboxylic acid groups (broad SMARTS) is 1. The lowest BCUT2D eigenvalue weighted by molar-refractivity contribution is -0.150. The average molecular weight is 295 g/mol. The summed E-state index contributed by atoms with van der Waals surface area (Å²) < 4.78 is 5.35. The predicted molar refractivity (Wildman–Crippen MR) is 81.9 cm³/mol. The number of hydrogen-bond donors (Lipinski definition) is 2. The van der Waals surface area contributed by atoms with Crippen molar-refractivity contribution in [2.24, 2.45) is 0 Å². The molecule has 1 aromatic carbocycles. The van der Waals surface area contributed by atoms with Gasteiger partial charge in [-0.1, -0.05) is 19.9 Å². The van der Waals surface area contributed by atoms with Gasteiger partial charge in [0.1, 0.15) is 5.54 Å². The minimum atomic E-state index is -0.982. The molecule has 0 saturated heterocycles. The van der Waals surface area contributed by atoms with Crippen LogP contribution in [-0.4, -0.2) is 46.3 Å². The lowest BCUT2D eigenvalue weighted by Crippen LogP contribution is -2.53. The standard InChI is InChI=1S/C16H25NO4/c1-5-17(6-2)16(4,15(19)20)11-12-8-9-13(18)14(10-12)21-7-3/h8-10,18H,5-7,11H2,1-4H3,(H,19,20). The second kappa shape index (κ2) is 7.31. The number of phenolic OH excluding ortho intramolecular Hbond substituents is 1. The third-order valence-corrected chi connectivity index (χ3v) is 3.79. The Morgan fingerprint density at radius 3 is 2.38 bits per heavy atom. The molecule has 118 valence electrons. The molecule has 21 heavy (non-hydrogen) atoms. The van der Waals surface area contributed by atoms with Crippen molar-refractivity contribution >= 4 is 5.97 Å². The largest absolute Gasteiger partial charge is 0.504 e. The Bertz CT molecular complexity index is 485. The summed E-state index contributed by atoms with van der Waals surface area (Å²) >= 11 is 0. The first kappa shape index (κ1) is 17.3. The van der Waals surface area contributed by atoms with Gasteiger partial charge in [-0.3, -0.25) is 9.69 Å². The van der Waals surface area contributed by atoms with Gasteiger partial charge < -0.3 is 14.9 Å². The number of benzene rings is 1. The Morgan fingerprint density at radius 2 is 1.90 bits per heavy atom. The zero-order valence-electron chi connectivity index (χ0n) is 13.2. The maximum Gasteiger partial charge on any atom is 0.324 e. The van der Waals surface area contributed by atoms with Gasteiger partial charge in [0, 0.05) is 6.42 Å². The summed E-state index contributed by atoms with van der Waals surface area (Å²) in [6.07, 6.45) is 0.352. The van der Waals surface area contributed by atoms with E-state index in [1.165, 1.54) is 0 Å². The Morgan fingerprint density at radius 1 is 1.29 bits per heavy atom. The lowest BCUT2D eigenvalue weighted by atomic mass is 9.90.